The summed E-state index contributed by atoms with van der Waals surface area (Å²) in [7, 11) is 0. The molecule has 1 atom stereocenters. The van der Waals surface area contributed by atoms with Crippen molar-refractivity contribution in [2.45, 2.75) is 45.4 Å². The Kier molecular flexibility index (Phi) is 5.05. The highest BCUT2D eigenvalue weighted by atomic mass is 16.3. The molecule has 3 heteroatoms. The van der Waals surface area contributed by atoms with Gasteiger partial charge >= 0.3 is 0 Å². The van der Waals surface area contributed by atoms with E-state index < -0.39 is 0 Å². The van der Waals surface area contributed by atoms with Crippen LogP contribution in [0, 0.1) is 5.92 Å². The topological polar surface area (TPSA) is 40.5 Å². The van der Waals surface area contributed by atoms with Crippen LogP contribution < -0.4 is 0 Å². The summed E-state index contributed by atoms with van der Waals surface area (Å²) in [5.74, 6) is 1.30. The van der Waals surface area contributed by atoms with E-state index in [1.807, 2.05) is 24.0 Å². The number of rotatable bonds is 4. The van der Waals surface area contributed by atoms with Crippen molar-refractivity contribution in [1.82, 2.24) is 4.90 Å². The summed E-state index contributed by atoms with van der Waals surface area (Å²) in [6.45, 7) is 5.88. The molecule has 1 amide bonds. The quantitative estimate of drug-likeness (QED) is 0.913. The van der Waals surface area contributed by atoms with Crippen LogP contribution in [-0.4, -0.2) is 29.0 Å². The first-order valence-corrected chi connectivity index (χ1v) is 7.69. The third-order valence-electron chi connectivity index (χ3n) is 4.31. The highest BCUT2D eigenvalue weighted by molar-refractivity contribution is 5.78. The highest BCUT2D eigenvalue weighted by Crippen LogP contribution is 2.29. The number of likely N-dealkylation sites (tertiary alicyclic amines) is 1. The Balaban J connectivity index is 1.89. The average molecular weight is 275 g/mol. The molecule has 0 aromatic heterocycles. The molecule has 0 aliphatic carbocycles. The number of carbonyl (C=O) groups is 1. The van der Waals surface area contributed by atoms with Gasteiger partial charge in [-0.3, -0.25) is 4.79 Å². The van der Waals surface area contributed by atoms with E-state index in [9.17, 15) is 9.90 Å². The predicted molar refractivity (Wildman–Crippen MR) is 80.7 cm³/mol. The van der Waals surface area contributed by atoms with Crippen LogP contribution in [-0.2, 0) is 4.79 Å². The maximum absolute atomic E-state index is 12.3. The number of carbonyl (C=O) groups excluding carboxylic acids is 1. The number of aromatic hydroxyl groups is 1. The lowest BCUT2D eigenvalue weighted by Crippen LogP contribution is -2.40. The molecular weight excluding hydrogens is 250 g/mol. The summed E-state index contributed by atoms with van der Waals surface area (Å²) < 4.78 is 0. The van der Waals surface area contributed by atoms with Gasteiger partial charge < -0.3 is 10.0 Å². The van der Waals surface area contributed by atoms with Gasteiger partial charge in [-0.2, -0.15) is 0 Å². The first-order valence-electron chi connectivity index (χ1n) is 7.69. The summed E-state index contributed by atoms with van der Waals surface area (Å²) >= 11 is 0. The largest absolute Gasteiger partial charge is 0.508 e. The van der Waals surface area contributed by atoms with Gasteiger partial charge in [-0.1, -0.05) is 32.4 Å². The number of nitrogens with zero attached hydrogens (tertiary/aromatic N) is 1. The second-order valence-electron chi connectivity index (χ2n) is 5.88. The third kappa shape index (κ3) is 3.53. The van der Waals surface area contributed by atoms with E-state index in [0.717, 1.165) is 38.8 Å². The Morgan fingerprint density at radius 3 is 2.45 bits per heavy atom. The van der Waals surface area contributed by atoms with Crippen molar-refractivity contribution >= 4 is 5.91 Å². The minimum atomic E-state index is 0.158. The van der Waals surface area contributed by atoms with Gasteiger partial charge in [0, 0.05) is 19.0 Å². The van der Waals surface area contributed by atoms with Gasteiger partial charge in [0.1, 0.15) is 5.75 Å². The number of phenols is 1. The van der Waals surface area contributed by atoms with Crippen molar-refractivity contribution in [3.63, 3.8) is 0 Å². The first-order chi connectivity index (χ1) is 9.61. The summed E-state index contributed by atoms with van der Waals surface area (Å²) in [4.78, 5) is 14.3. The van der Waals surface area contributed by atoms with Crippen molar-refractivity contribution in [2.75, 3.05) is 13.1 Å². The lowest BCUT2D eigenvalue weighted by Gasteiger charge is -2.33. The zero-order valence-corrected chi connectivity index (χ0v) is 12.5. The number of piperidine rings is 1. The number of hydrogen-bond donors (Lipinski definition) is 1. The Morgan fingerprint density at radius 2 is 1.90 bits per heavy atom. The van der Waals surface area contributed by atoms with Gasteiger partial charge in [-0.05, 0) is 42.9 Å². The van der Waals surface area contributed by atoms with E-state index >= 15 is 0 Å². The molecule has 0 spiro atoms. The van der Waals surface area contributed by atoms with Crippen LogP contribution >= 0.6 is 0 Å². The lowest BCUT2D eigenvalue weighted by molar-refractivity contribution is -0.136. The van der Waals surface area contributed by atoms with Crippen molar-refractivity contribution < 1.29 is 9.90 Å². The first kappa shape index (κ1) is 14.9. The molecule has 1 unspecified atom stereocenters. The number of benzene rings is 1. The maximum Gasteiger partial charge on any atom is 0.225 e. The van der Waals surface area contributed by atoms with Gasteiger partial charge in [0.2, 0.25) is 5.91 Å². The summed E-state index contributed by atoms with van der Waals surface area (Å²) in [6.07, 6.45) is 4.10. The fraction of sp³-hybridized carbons (Fsp3) is 0.588. The molecular formula is C17H25NO2. The average Bonchev–Trinajstić information content (AvgIpc) is 2.48. The molecule has 1 saturated heterocycles. The van der Waals surface area contributed by atoms with E-state index in [-0.39, 0.29) is 5.92 Å². The lowest BCUT2D eigenvalue weighted by atomic mass is 9.89. The van der Waals surface area contributed by atoms with E-state index in [4.69, 9.17) is 0 Å². The van der Waals surface area contributed by atoms with Crippen LogP contribution in [0.4, 0.5) is 0 Å². The third-order valence-corrected chi connectivity index (χ3v) is 4.31. The Bertz CT molecular complexity index is 433. The molecule has 1 heterocycles. The van der Waals surface area contributed by atoms with E-state index in [1.165, 1.54) is 5.56 Å². The highest BCUT2D eigenvalue weighted by Gasteiger charge is 2.26. The normalized spacial score (nSPS) is 18.0. The van der Waals surface area contributed by atoms with Crippen LogP contribution in [0.1, 0.15) is 51.0 Å². The maximum atomic E-state index is 12.3. The molecule has 0 bridgehead atoms. The van der Waals surface area contributed by atoms with Crippen molar-refractivity contribution in [3.05, 3.63) is 29.8 Å². The minimum Gasteiger partial charge on any atom is -0.508 e. The molecule has 3 nitrogen and oxygen atoms in total. The van der Waals surface area contributed by atoms with Crippen LogP contribution in [0.3, 0.4) is 0 Å². The molecule has 1 aromatic carbocycles. The molecule has 1 N–H and O–H groups in total. The Hall–Kier alpha value is -1.51. The van der Waals surface area contributed by atoms with Gasteiger partial charge in [0.15, 0.2) is 0 Å². The SMILES string of the molecule is CCCC(C)C(=O)N1CCC(c2ccc(O)cc2)CC1. The second-order valence-corrected chi connectivity index (χ2v) is 5.88. The zero-order chi connectivity index (χ0) is 14.5. The zero-order valence-electron chi connectivity index (χ0n) is 12.5. The fourth-order valence-electron chi connectivity index (χ4n) is 3.05. The second kappa shape index (κ2) is 6.78. The summed E-state index contributed by atoms with van der Waals surface area (Å²) in [5, 5.41) is 9.33. The van der Waals surface area contributed by atoms with Crippen LogP contribution in [0.5, 0.6) is 5.75 Å². The van der Waals surface area contributed by atoms with E-state index in [2.05, 4.69) is 6.92 Å². The molecule has 110 valence electrons. The van der Waals surface area contributed by atoms with Crippen molar-refractivity contribution in [2.24, 2.45) is 5.92 Å². The van der Waals surface area contributed by atoms with Gasteiger partial charge in [0.05, 0.1) is 0 Å². The van der Waals surface area contributed by atoms with Crippen molar-refractivity contribution in [1.29, 1.82) is 0 Å². The molecule has 1 fully saturated rings. The molecule has 2 rings (SSSR count). The summed E-state index contributed by atoms with van der Waals surface area (Å²) in [5.41, 5.74) is 1.27. The fourth-order valence-corrected chi connectivity index (χ4v) is 3.05. The van der Waals surface area contributed by atoms with Gasteiger partial charge in [0.25, 0.3) is 0 Å². The van der Waals surface area contributed by atoms with Crippen LogP contribution in [0.25, 0.3) is 0 Å². The Morgan fingerprint density at radius 1 is 1.30 bits per heavy atom. The van der Waals surface area contributed by atoms with Crippen LogP contribution in [0.2, 0.25) is 0 Å². The summed E-state index contributed by atoms with van der Waals surface area (Å²) in [6, 6.07) is 7.49. The molecule has 0 saturated carbocycles. The van der Waals surface area contributed by atoms with E-state index in [1.54, 1.807) is 12.1 Å². The van der Waals surface area contributed by atoms with Gasteiger partial charge in [-0.25, -0.2) is 0 Å². The molecule has 0 radical (unpaired) electrons. The Labute approximate surface area is 121 Å². The van der Waals surface area contributed by atoms with Crippen molar-refractivity contribution in [3.8, 4) is 5.75 Å². The molecule has 1 aliphatic rings. The monoisotopic (exact) mass is 275 g/mol. The number of amides is 1. The molecule has 1 aromatic rings. The smallest absolute Gasteiger partial charge is 0.225 e. The molecule has 1 aliphatic heterocycles. The predicted octanol–water partition coefficient (Wildman–Crippen LogP) is 3.53. The van der Waals surface area contributed by atoms with Gasteiger partial charge in [-0.15, -0.1) is 0 Å². The van der Waals surface area contributed by atoms with E-state index in [0.29, 0.717) is 17.6 Å². The van der Waals surface area contributed by atoms with Crippen LogP contribution in [0.15, 0.2) is 24.3 Å². The molecule has 20 heavy (non-hydrogen) atoms. The minimum absolute atomic E-state index is 0.158. The number of phenolic OH excluding ortho intramolecular Hbond substituents is 1. The standard InChI is InChI=1S/C17H25NO2/c1-3-4-13(2)17(20)18-11-9-15(10-12-18)14-5-7-16(19)8-6-14/h5-8,13,15,19H,3-4,9-12H2,1-2H3. The number of hydrogen-bond acceptors (Lipinski definition) is 2.